The molecule has 1 N–H and O–H groups in total. The van der Waals surface area contributed by atoms with E-state index in [0.717, 1.165) is 6.20 Å². The highest BCUT2D eigenvalue weighted by molar-refractivity contribution is 5.98. The number of carbonyl (C=O) groups is 2. The molecule has 4 heterocycles. The van der Waals surface area contributed by atoms with Crippen molar-refractivity contribution in [3.8, 4) is 23.6 Å². The summed E-state index contributed by atoms with van der Waals surface area (Å²) in [6, 6.07) is 11.1. The zero-order valence-corrected chi connectivity index (χ0v) is 19.5. The fourth-order valence-electron chi connectivity index (χ4n) is 4.25. The summed E-state index contributed by atoms with van der Waals surface area (Å²) in [6.45, 7) is 3.53. The Labute approximate surface area is 205 Å². The van der Waals surface area contributed by atoms with Crippen LogP contribution in [0.5, 0.6) is 0 Å². The van der Waals surface area contributed by atoms with E-state index in [2.05, 4.69) is 21.3 Å². The van der Waals surface area contributed by atoms with Crippen molar-refractivity contribution in [2.75, 3.05) is 5.32 Å². The van der Waals surface area contributed by atoms with Gasteiger partial charge in [0.05, 0.1) is 24.0 Å². The Morgan fingerprint density at radius 2 is 2.03 bits per heavy atom. The number of rotatable bonds is 5. The van der Waals surface area contributed by atoms with Crippen LogP contribution >= 0.6 is 0 Å². The first-order valence-electron chi connectivity index (χ1n) is 11.2. The number of fused-ring (bicyclic) bond motifs is 2. The van der Waals surface area contributed by atoms with Crippen LogP contribution in [0.4, 0.5) is 10.2 Å². The maximum absolute atomic E-state index is 13.4. The fourth-order valence-corrected chi connectivity index (χ4v) is 4.25. The third-order valence-corrected chi connectivity index (χ3v) is 6.01. The summed E-state index contributed by atoms with van der Waals surface area (Å²) in [5, 5.41) is 7.09. The number of anilines is 1. The number of hydrogen-bond donors (Lipinski definition) is 1. The predicted octanol–water partition coefficient (Wildman–Crippen LogP) is 2.68. The summed E-state index contributed by atoms with van der Waals surface area (Å²) >= 11 is 0. The van der Waals surface area contributed by atoms with Gasteiger partial charge in [0.2, 0.25) is 5.91 Å². The van der Waals surface area contributed by atoms with Crippen LogP contribution < -0.4 is 10.9 Å². The van der Waals surface area contributed by atoms with Gasteiger partial charge in [-0.1, -0.05) is 18.1 Å². The van der Waals surface area contributed by atoms with Crippen LogP contribution in [0.15, 0.2) is 53.5 Å². The van der Waals surface area contributed by atoms with Gasteiger partial charge in [-0.3, -0.25) is 14.4 Å². The topological polar surface area (TPSA) is 102 Å². The van der Waals surface area contributed by atoms with Gasteiger partial charge in [-0.2, -0.15) is 9.61 Å². The third kappa shape index (κ3) is 3.90. The quantitative estimate of drug-likeness (QED) is 0.439. The van der Waals surface area contributed by atoms with Gasteiger partial charge in [0.1, 0.15) is 29.5 Å². The first-order chi connectivity index (χ1) is 17.3. The number of nitrogens with one attached hydrogen (secondary N) is 1. The molecule has 0 unspecified atom stereocenters. The average Bonchev–Trinajstić information content (AvgIpc) is 3.46. The summed E-state index contributed by atoms with van der Waals surface area (Å²) in [7, 11) is 0. The van der Waals surface area contributed by atoms with E-state index in [-0.39, 0.29) is 47.8 Å². The van der Waals surface area contributed by atoms with Gasteiger partial charge in [-0.05, 0) is 38.1 Å². The van der Waals surface area contributed by atoms with Crippen molar-refractivity contribution in [1.82, 2.24) is 24.1 Å². The van der Waals surface area contributed by atoms with Crippen molar-refractivity contribution in [2.24, 2.45) is 0 Å². The number of terminal acetylenes is 1. The van der Waals surface area contributed by atoms with Gasteiger partial charge in [-0.25, -0.2) is 9.37 Å². The number of nitrogens with zero attached hydrogens (tertiary/aromatic N) is 5. The highest BCUT2D eigenvalue weighted by atomic mass is 19.1. The lowest BCUT2D eigenvalue weighted by atomic mass is 10.1. The molecule has 0 saturated heterocycles. The van der Waals surface area contributed by atoms with E-state index in [0.29, 0.717) is 16.8 Å². The standard InChI is InChI=1S/C26H21FN6O3/c1-4-16-6-5-7-17(10-16)20-11-23-32(14-22(34)29-21-9-8-18(27)12-28-21)24-19(25(35)33(23)30-20)13-31(15(2)3)26(24)36/h1,5-12,15H,13-14H2,2-3H3,(H,28,29,34). The molecule has 0 spiro atoms. The molecule has 2 amide bonds. The third-order valence-electron chi connectivity index (χ3n) is 6.01. The summed E-state index contributed by atoms with van der Waals surface area (Å²) in [4.78, 5) is 45.1. The van der Waals surface area contributed by atoms with Crippen molar-refractivity contribution >= 4 is 23.3 Å². The molecule has 0 aliphatic carbocycles. The van der Waals surface area contributed by atoms with Crippen molar-refractivity contribution in [3.05, 3.63) is 81.7 Å². The number of hydrogen-bond acceptors (Lipinski definition) is 5. The molecule has 0 atom stereocenters. The Kier molecular flexibility index (Phi) is 5.60. The molecule has 3 aromatic heterocycles. The number of amides is 2. The van der Waals surface area contributed by atoms with Crippen LogP contribution in [0.25, 0.3) is 16.9 Å². The largest absolute Gasteiger partial charge is 0.330 e. The normalized spacial score (nSPS) is 12.8. The van der Waals surface area contributed by atoms with Gasteiger partial charge in [0.15, 0.2) is 0 Å². The summed E-state index contributed by atoms with van der Waals surface area (Å²) in [5.74, 6) is 1.35. The van der Waals surface area contributed by atoms with Gasteiger partial charge in [-0.15, -0.1) is 6.42 Å². The SMILES string of the molecule is C#Cc1cccc(-c2cc3n(CC(=O)Nc4ccc(F)cn4)c4c(c(=O)n3n2)CN(C(C)C)C4=O)c1. The van der Waals surface area contributed by atoms with Crippen molar-refractivity contribution < 1.29 is 14.0 Å². The minimum Gasteiger partial charge on any atom is -0.330 e. The number of benzene rings is 1. The second-order valence-electron chi connectivity index (χ2n) is 8.68. The molecular formula is C26H21FN6O3. The van der Waals surface area contributed by atoms with Gasteiger partial charge >= 0.3 is 0 Å². The molecule has 4 aromatic rings. The van der Waals surface area contributed by atoms with E-state index in [1.807, 2.05) is 19.9 Å². The van der Waals surface area contributed by atoms with E-state index in [1.165, 1.54) is 21.2 Å². The molecular weight excluding hydrogens is 463 g/mol. The zero-order chi connectivity index (χ0) is 25.6. The molecule has 0 radical (unpaired) electrons. The predicted molar refractivity (Wildman–Crippen MR) is 131 cm³/mol. The molecule has 1 aliphatic heterocycles. The molecule has 10 heteroatoms. The number of carbonyl (C=O) groups excluding carboxylic acids is 2. The summed E-state index contributed by atoms with van der Waals surface area (Å²) in [5.41, 5.74) is 2.07. The molecule has 1 aromatic carbocycles. The molecule has 0 fully saturated rings. The fraction of sp³-hybridized carbons (Fsp3) is 0.192. The van der Waals surface area contributed by atoms with Crippen LogP contribution in [0.3, 0.4) is 0 Å². The molecule has 180 valence electrons. The smallest absolute Gasteiger partial charge is 0.280 e. The molecule has 0 bridgehead atoms. The highest BCUT2D eigenvalue weighted by Gasteiger charge is 2.36. The van der Waals surface area contributed by atoms with Crippen molar-refractivity contribution in [2.45, 2.75) is 33.0 Å². The van der Waals surface area contributed by atoms with Crippen molar-refractivity contribution in [1.29, 1.82) is 0 Å². The average molecular weight is 484 g/mol. The molecule has 1 aliphatic rings. The van der Waals surface area contributed by atoms with Crippen molar-refractivity contribution in [3.63, 3.8) is 0 Å². The monoisotopic (exact) mass is 484 g/mol. The van der Waals surface area contributed by atoms with E-state index in [1.54, 1.807) is 29.2 Å². The van der Waals surface area contributed by atoms with Crippen LogP contribution in [0.1, 0.15) is 35.5 Å². The van der Waals surface area contributed by atoms with E-state index < -0.39 is 17.3 Å². The van der Waals surface area contributed by atoms with Crippen LogP contribution in [-0.4, -0.2) is 41.9 Å². The van der Waals surface area contributed by atoms with E-state index >= 15 is 0 Å². The maximum Gasteiger partial charge on any atom is 0.280 e. The van der Waals surface area contributed by atoms with Crippen LogP contribution in [-0.2, 0) is 17.9 Å². The second kappa shape index (κ2) is 8.78. The van der Waals surface area contributed by atoms with E-state index in [9.17, 15) is 18.8 Å². The Balaban J connectivity index is 1.64. The minimum atomic E-state index is -0.534. The Hall–Kier alpha value is -4.78. The van der Waals surface area contributed by atoms with Gasteiger partial charge in [0, 0.05) is 23.2 Å². The number of aromatic nitrogens is 4. The molecule has 36 heavy (non-hydrogen) atoms. The van der Waals surface area contributed by atoms with E-state index in [4.69, 9.17) is 6.42 Å². The first kappa shape index (κ1) is 23.0. The molecule has 0 saturated carbocycles. The zero-order valence-electron chi connectivity index (χ0n) is 19.5. The first-order valence-corrected chi connectivity index (χ1v) is 11.2. The Morgan fingerprint density at radius 3 is 2.72 bits per heavy atom. The molecule has 9 nitrogen and oxygen atoms in total. The minimum absolute atomic E-state index is 0.115. The Morgan fingerprint density at radius 1 is 1.22 bits per heavy atom. The van der Waals surface area contributed by atoms with Gasteiger partial charge in [0.25, 0.3) is 11.5 Å². The molecule has 5 rings (SSSR count). The van der Waals surface area contributed by atoms with Crippen LogP contribution in [0.2, 0.25) is 0 Å². The maximum atomic E-state index is 13.4. The highest BCUT2D eigenvalue weighted by Crippen LogP contribution is 2.26. The summed E-state index contributed by atoms with van der Waals surface area (Å²) in [6.07, 6.45) is 6.51. The second-order valence-corrected chi connectivity index (χ2v) is 8.68. The lowest BCUT2D eigenvalue weighted by Gasteiger charge is -2.20. The lowest BCUT2D eigenvalue weighted by molar-refractivity contribution is -0.116. The number of halogens is 1. The lowest BCUT2D eigenvalue weighted by Crippen LogP contribution is -2.32. The summed E-state index contributed by atoms with van der Waals surface area (Å²) < 4.78 is 15.9. The van der Waals surface area contributed by atoms with Gasteiger partial charge < -0.3 is 14.8 Å². The van der Waals surface area contributed by atoms with Crippen LogP contribution in [0, 0.1) is 18.2 Å². The Bertz CT molecular complexity index is 1630. The number of pyridine rings is 1.